The number of H-pyrrole nitrogens is 2. The minimum Gasteiger partial charge on any atom is -0.494 e. The lowest BCUT2D eigenvalue weighted by molar-refractivity contribution is -0.131. The lowest BCUT2D eigenvalue weighted by Gasteiger charge is -2.34. The van der Waals surface area contributed by atoms with E-state index in [-0.39, 0.29) is 48.4 Å². The van der Waals surface area contributed by atoms with Crippen LogP contribution < -0.4 is 14.8 Å². The molecule has 6 aromatic heterocycles. The number of piperazine rings is 2. The second-order valence-electron chi connectivity index (χ2n) is 16.0. The third-order valence-corrected chi connectivity index (χ3v) is 11.8. The second kappa shape index (κ2) is 22.7. The van der Waals surface area contributed by atoms with E-state index in [4.69, 9.17) is 14.6 Å². The average Bonchev–Trinajstić information content (AvgIpc) is 4.26. The third-order valence-electron chi connectivity index (χ3n) is 11.8. The number of aromatic amines is 2. The number of hydrogen-bond acceptors (Lipinski definition) is 15. The van der Waals surface area contributed by atoms with E-state index in [0.29, 0.717) is 75.2 Å². The van der Waals surface area contributed by atoms with Crippen molar-refractivity contribution in [2.75, 3.05) is 66.6 Å². The van der Waals surface area contributed by atoms with Gasteiger partial charge < -0.3 is 44.6 Å². The van der Waals surface area contributed by atoms with Gasteiger partial charge in [0.05, 0.1) is 59.5 Å². The van der Waals surface area contributed by atoms with E-state index < -0.39 is 23.4 Å². The van der Waals surface area contributed by atoms with Crippen LogP contribution in [0.4, 0.5) is 0 Å². The van der Waals surface area contributed by atoms with Gasteiger partial charge in [0.2, 0.25) is 0 Å². The zero-order chi connectivity index (χ0) is 50.2. The summed E-state index contributed by atoms with van der Waals surface area (Å²) in [6, 6.07) is 18.5. The number of carboxylic acid groups (broad SMARTS) is 1. The molecular weight excluding hydrogens is 952 g/mol. The van der Waals surface area contributed by atoms with Crippen molar-refractivity contribution in [1.82, 2.24) is 69.5 Å². The normalized spacial score (nSPS) is 13.2. The Bertz CT molecular complexity index is 3250. The number of nitrogens with zero attached hydrogens (tertiary/aromatic N) is 11. The number of aryl methyl sites for hydroxylation is 2. The van der Waals surface area contributed by atoms with Gasteiger partial charge in [-0.05, 0) is 38.1 Å². The highest BCUT2D eigenvalue weighted by Gasteiger charge is 2.32. The number of pyridine rings is 2. The summed E-state index contributed by atoms with van der Waals surface area (Å²) in [4.78, 5) is 102. The molecule has 23 nitrogen and oxygen atoms in total. The van der Waals surface area contributed by atoms with Crippen LogP contribution in [0.1, 0.15) is 53.1 Å². The molecule has 2 aliphatic heterocycles. The topological polar surface area (TPSA) is 282 Å². The zero-order valence-corrected chi connectivity index (χ0v) is 40.3. The maximum absolute atomic E-state index is 13.3. The number of benzene rings is 2. The van der Waals surface area contributed by atoms with Gasteiger partial charge in [-0.2, -0.15) is 19.6 Å². The Morgan fingerprint density at radius 1 is 0.569 bits per heavy atom. The summed E-state index contributed by atoms with van der Waals surface area (Å²) in [5.41, 5.74) is 2.52. The molecule has 0 aliphatic carbocycles. The van der Waals surface area contributed by atoms with Gasteiger partial charge in [0, 0.05) is 75.9 Å². The molecular formula is C48H49ClN14O9. The summed E-state index contributed by atoms with van der Waals surface area (Å²) in [5.74, 6) is -1.11. The van der Waals surface area contributed by atoms with Crippen molar-refractivity contribution in [3.8, 4) is 23.1 Å². The van der Waals surface area contributed by atoms with E-state index in [1.54, 1.807) is 30.9 Å². The lowest BCUT2D eigenvalue weighted by atomic mass is 10.1. The van der Waals surface area contributed by atoms with Crippen molar-refractivity contribution in [3.63, 3.8) is 0 Å². The minimum atomic E-state index is -1.54. The Morgan fingerprint density at radius 2 is 0.986 bits per heavy atom. The average molecular weight is 1000 g/mol. The molecule has 0 saturated carbocycles. The van der Waals surface area contributed by atoms with Gasteiger partial charge in [-0.25, -0.2) is 24.7 Å². The Morgan fingerprint density at radius 3 is 1.39 bits per heavy atom. The van der Waals surface area contributed by atoms with Crippen LogP contribution >= 0.6 is 12.4 Å². The number of ketones is 2. The minimum absolute atomic E-state index is 0. The number of Topliss-reactive ketones (excluding diaryl/α,β-unsaturated/α-hetero) is 2. The SMILES string of the molecule is COc1cnc(-n2ncnc2C)c2[nH]cc(C(=O)C(=O)N3CCN(C(=O)c4ccccc4)CC3)c12.COc1cnc(-n2ncnc2C)c2[nH]cc(C(=O)C(=O)O)c12.Cl.O=C(c1ccccc1)N1CCNCC1. The number of carbonyl (C=O) groups is 6. The van der Waals surface area contributed by atoms with Crippen LogP contribution in [0.2, 0.25) is 0 Å². The van der Waals surface area contributed by atoms with E-state index in [2.05, 4.69) is 45.4 Å². The molecule has 72 heavy (non-hydrogen) atoms. The van der Waals surface area contributed by atoms with Gasteiger partial charge in [0.25, 0.3) is 29.3 Å². The summed E-state index contributed by atoms with van der Waals surface area (Å²) in [7, 11) is 2.89. The van der Waals surface area contributed by atoms with Crippen molar-refractivity contribution >= 4 is 69.5 Å². The van der Waals surface area contributed by atoms with E-state index >= 15 is 0 Å². The summed E-state index contributed by atoms with van der Waals surface area (Å²) in [6.45, 7) is 8.20. The Kier molecular flexibility index (Phi) is 16.1. The van der Waals surface area contributed by atoms with Crippen molar-refractivity contribution in [3.05, 3.63) is 132 Å². The Balaban J connectivity index is 0.000000175. The molecule has 2 fully saturated rings. The fraction of sp³-hybridized carbons (Fsp3) is 0.250. The van der Waals surface area contributed by atoms with Crippen LogP contribution in [0.15, 0.2) is 98.1 Å². The van der Waals surface area contributed by atoms with E-state index in [0.717, 1.165) is 31.7 Å². The van der Waals surface area contributed by atoms with Crippen molar-refractivity contribution in [1.29, 1.82) is 0 Å². The molecule has 8 aromatic rings. The first-order chi connectivity index (χ1) is 34.4. The molecule has 4 N–H and O–H groups in total. The molecule has 2 aromatic carbocycles. The number of aliphatic carboxylic acids is 1. The monoisotopic (exact) mass is 1000 g/mol. The first-order valence-corrected chi connectivity index (χ1v) is 22.2. The molecule has 0 unspecified atom stereocenters. The molecule has 8 heterocycles. The van der Waals surface area contributed by atoms with Crippen LogP contribution in [0, 0.1) is 13.8 Å². The number of hydrogen-bond donors (Lipinski definition) is 4. The number of amides is 3. The number of carbonyl (C=O) groups excluding carboxylic acids is 5. The van der Waals surface area contributed by atoms with Gasteiger partial charge in [-0.1, -0.05) is 36.4 Å². The first-order valence-electron chi connectivity index (χ1n) is 22.2. The van der Waals surface area contributed by atoms with Crippen molar-refractivity contribution in [2.45, 2.75) is 13.8 Å². The quantitative estimate of drug-likeness (QED) is 0.113. The van der Waals surface area contributed by atoms with Gasteiger partial charge in [0.15, 0.2) is 11.6 Å². The predicted molar refractivity (Wildman–Crippen MR) is 262 cm³/mol. The molecule has 2 aliphatic rings. The number of halogens is 1. The molecule has 0 spiro atoms. The molecule has 0 radical (unpaired) electrons. The van der Waals surface area contributed by atoms with Crippen molar-refractivity contribution in [2.24, 2.45) is 0 Å². The fourth-order valence-electron chi connectivity index (χ4n) is 8.09. The molecule has 3 amide bonds. The van der Waals surface area contributed by atoms with E-state index in [1.807, 2.05) is 53.4 Å². The largest absolute Gasteiger partial charge is 0.494 e. The van der Waals surface area contributed by atoms with Gasteiger partial charge >= 0.3 is 5.97 Å². The molecule has 0 atom stereocenters. The lowest BCUT2D eigenvalue weighted by Crippen LogP contribution is -2.52. The van der Waals surface area contributed by atoms with Crippen LogP contribution in [-0.2, 0) is 9.59 Å². The Hall–Kier alpha value is -8.83. The highest BCUT2D eigenvalue weighted by atomic mass is 35.5. The van der Waals surface area contributed by atoms with E-state index in [9.17, 15) is 28.8 Å². The standard InChI is InChI=1S/C24H23N7O4.C13H11N5O4.C11H14N2O.ClH/c1-15-27-14-28-31(15)22-20-19(18(35-2)13-26-22)17(12-25-20)21(32)24(34)30-10-8-29(9-11-30)23(33)16-6-4-3-5-7-16;1-6-16-5-17-18(6)12-10-9(8(22-2)4-15-12)7(3-14-10)11(19)13(20)21;14-11(10-4-2-1-3-5-10)13-8-6-12-7-9-13;/h3-7,12-14,25H,8-11H2,1-2H3;3-5,14H,1-2H3,(H,20,21);1-5,12H,6-9H2;1H. The van der Waals surface area contributed by atoms with Crippen LogP contribution in [-0.4, -0.2) is 171 Å². The predicted octanol–water partition coefficient (Wildman–Crippen LogP) is 3.51. The number of ether oxygens (including phenoxy) is 2. The summed E-state index contributed by atoms with van der Waals surface area (Å²) >= 11 is 0. The van der Waals surface area contributed by atoms with Crippen molar-refractivity contribution < 1.29 is 43.3 Å². The number of rotatable bonds is 10. The molecule has 10 rings (SSSR count). The van der Waals surface area contributed by atoms with Gasteiger partial charge in [0.1, 0.15) is 35.8 Å². The zero-order valence-electron chi connectivity index (χ0n) is 39.4. The highest BCUT2D eigenvalue weighted by molar-refractivity contribution is 6.45. The molecule has 2 saturated heterocycles. The second-order valence-corrected chi connectivity index (χ2v) is 16.0. The highest BCUT2D eigenvalue weighted by Crippen LogP contribution is 2.33. The summed E-state index contributed by atoms with van der Waals surface area (Å²) in [5, 5.41) is 21.2. The Labute approximate surface area is 416 Å². The van der Waals surface area contributed by atoms with Crippen LogP contribution in [0.5, 0.6) is 11.5 Å². The smallest absolute Gasteiger partial charge is 0.377 e. The van der Waals surface area contributed by atoms with Gasteiger partial charge in [-0.15, -0.1) is 12.4 Å². The number of carboxylic acids is 1. The molecule has 0 bridgehead atoms. The molecule has 372 valence electrons. The summed E-state index contributed by atoms with van der Waals surface area (Å²) in [6.07, 6.45) is 8.49. The molecule has 24 heteroatoms. The number of aromatic nitrogens is 10. The van der Waals surface area contributed by atoms with Crippen LogP contribution in [0.3, 0.4) is 0 Å². The number of fused-ring (bicyclic) bond motifs is 2. The maximum Gasteiger partial charge on any atom is 0.377 e. The number of methoxy groups -OCH3 is 2. The summed E-state index contributed by atoms with van der Waals surface area (Å²) < 4.78 is 13.6. The van der Waals surface area contributed by atoms with Gasteiger partial charge in [-0.3, -0.25) is 24.0 Å². The van der Waals surface area contributed by atoms with E-state index in [1.165, 1.54) is 65.9 Å². The third kappa shape index (κ3) is 10.5. The number of nitrogens with one attached hydrogen (secondary N) is 3. The maximum atomic E-state index is 13.3. The fourth-order valence-corrected chi connectivity index (χ4v) is 8.09. The van der Waals surface area contributed by atoms with Crippen LogP contribution in [0.25, 0.3) is 33.4 Å². The first kappa shape index (κ1) is 51.0.